The van der Waals surface area contributed by atoms with E-state index < -0.39 is 0 Å². The van der Waals surface area contributed by atoms with Crippen molar-refractivity contribution in [1.82, 2.24) is 29.4 Å². The first-order chi connectivity index (χ1) is 12.7. The van der Waals surface area contributed by atoms with E-state index in [0.29, 0.717) is 5.92 Å². The molecule has 1 atom stereocenters. The van der Waals surface area contributed by atoms with Crippen LogP contribution in [-0.2, 0) is 0 Å². The average Bonchev–Trinajstić information content (AvgIpc) is 3.26. The summed E-state index contributed by atoms with van der Waals surface area (Å²) in [6.07, 6.45) is 8.34. The van der Waals surface area contributed by atoms with Crippen LogP contribution in [0, 0.1) is 19.8 Å². The summed E-state index contributed by atoms with van der Waals surface area (Å²) in [4.78, 5) is 9.32. The molecule has 0 radical (unpaired) electrons. The van der Waals surface area contributed by atoms with E-state index in [4.69, 9.17) is 4.98 Å². The second-order valence-corrected chi connectivity index (χ2v) is 7.09. The number of fused-ring (bicyclic) bond motifs is 1. The molecule has 0 unspecified atom stereocenters. The minimum Gasteiger partial charge on any atom is -0.303 e. The summed E-state index contributed by atoms with van der Waals surface area (Å²) in [6.45, 7) is 4.10. The normalized spacial score (nSPS) is 15.5. The van der Waals surface area contributed by atoms with E-state index in [1.165, 1.54) is 18.4 Å². The number of aromatic nitrogens is 6. The van der Waals surface area contributed by atoms with Crippen molar-refractivity contribution >= 4 is 5.52 Å². The molecule has 0 aromatic carbocycles. The average molecular weight is 344 g/mol. The second kappa shape index (κ2) is 5.76. The van der Waals surface area contributed by atoms with Crippen LogP contribution >= 0.6 is 0 Å². The maximum Gasteiger partial charge on any atom is 0.133 e. The molecule has 6 heteroatoms. The van der Waals surface area contributed by atoms with E-state index in [0.717, 1.165) is 28.4 Å². The predicted octanol–water partition coefficient (Wildman–Crippen LogP) is 3.60. The molecule has 0 spiro atoms. The molecule has 0 saturated heterocycles. The highest BCUT2D eigenvalue weighted by Crippen LogP contribution is 2.43. The molecule has 1 fully saturated rings. The highest BCUT2D eigenvalue weighted by molar-refractivity contribution is 5.74. The Morgan fingerprint density at radius 3 is 2.85 bits per heavy atom. The second-order valence-electron chi connectivity index (χ2n) is 7.09. The van der Waals surface area contributed by atoms with Gasteiger partial charge in [-0.1, -0.05) is 11.3 Å². The smallest absolute Gasteiger partial charge is 0.133 e. The molecule has 1 aliphatic carbocycles. The highest BCUT2D eigenvalue weighted by Gasteiger charge is 2.35. The number of hydrogen-bond donors (Lipinski definition) is 0. The van der Waals surface area contributed by atoms with Gasteiger partial charge in [0.05, 0.1) is 23.4 Å². The van der Waals surface area contributed by atoms with Crippen LogP contribution in [0.3, 0.4) is 0 Å². The van der Waals surface area contributed by atoms with Gasteiger partial charge < -0.3 is 4.40 Å². The zero-order chi connectivity index (χ0) is 17.7. The van der Waals surface area contributed by atoms with Crippen molar-refractivity contribution in [3.8, 4) is 11.4 Å². The number of rotatable bonds is 4. The first kappa shape index (κ1) is 15.3. The van der Waals surface area contributed by atoms with E-state index in [2.05, 4.69) is 38.8 Å². The van der Waals surface area contributed by atoms with Crippen molar-refractivity contribution in [3.05, 3.63) is 66.0 Å². The van der Waals surface area contributed by atoms with Crippen molar-refractivity contribution in [2.24, 2.45) is 5.92 Å². The van der Waals surface area contributed by atoms with Gasteiger partial charge in [0, 0.05) is 12.4 Å². The molecule has 1 saturated carbocycles. The Morgan fingerprint density at radius 2 is 2.04 bits per heavy atom. The Kier molecular flexibility index (Phi) is 3.38. The van der Waals surface area contributed by atoms with Gasteiger partial charge in [-0.2, -0.15) is 0 Å². The lowest BCUT2D eigenvalue weighted by Crippen LogP contribution is -2.15. The van der Waals surface area contributed by atoms with Crippen LogP contribution in [0.25, 0.3) is 16.9 Å². The molecule has 5 rings (SSSR count). The van der Waals surface area contributed by atoms with Gasteiger partial charge in [0.15, 0.2) is 0 Å². The molecule has 1 aliphatic rings. The lowest BCUT2D eigenvalue weighted by atomic mass is 10.1. The maximum absolute atomic E-state index is 4.71. The van der Waals surface area contributed by atoms with Crippen LogP contribution < -0.4 is 0 Å². The summed E-state index contributed by atoms with van der Waals surface area (Å²) >= 11 is 0. The predicted molar refractivity (Wildman–Crippen MR) is 98.8 cm³/mol. The van der Waals surface area contributed by atoms with E-state index in [1.807, 2.05) is 48.4 Å². The Morgan fingerprint density at radius 1 is 1.15 bits per heavy atom. The fraction of sp³-hybridized carbons (Fsp3) is 0.300. The minimum atomic E-state index is 0.145. The van der Waals surface area contributed by atoms with Crippen molar-refractivity contribution in [2.75, 3.05) is 0 Å². The van der Waals surface area contributed by atoms with Crippen molar-refractivity contribution in [1.29, 1.82) is 0 Å². The van der Waals surface area contributed by atoms with Crippen LogP contribution in [0.15, 0.2) is 48.9 Å². The number of pyridine rings is 2. The third-order valence-corrected chi connectivity index (χ3v) is 5.07. The summed E-state index contributed by atoms with van der Waals surface area (Å²) < 4.78 is 4.05. The minimum absolute atomic E-state index is 0.145. The monoisotopic (exact) mass is 344 g/mol. The van der Waals surface area contributed by atoms with Crippen LogP contribution in [-0.4, -0.2) is 29.4 Å². The van der Waals surface area contributed by atoms with E-state index >= 15 is 0 Å². The Bertz CT molecular complexity index is 1090. The lowest BCUT2D eigenvalue weighted by molar-refractivity contribution is 0.448. The number of aryl methyl sites for hydroxylation is 2. The quantitative estimate of drug-likeness (QED) is 0.567. The van der Waals surface area contributed by atoms with Crippen molar-refractivity contribution in [3.63, 3.8) is 0 Å². The molecule has 26 heavy (non-hydrogen) atoms. The Labute approximate surface area is 151 Å². The largest absolute Gasteiger partial charge is 0.303 e. The van der Waals surface area contributed by atoms with Crippen molar-refractivity contribution < 1.29 is 0 Å². The van der Waals surface area contributed by atoms with Gasteiger partial charge in [0.25, 0.3) is 0 Å². The summed E-state index contributed by atoms with van der Waals surface area (Å²) in [5.74, 6) is 1.53. The first-order valence-electron chi connectivity index (χ1n) is 8.99. The Balaban J connectivity index is 1.58. The molecule has 0 bridgehead atoms. The van der Waals surface area contributed by atoms with Crippen LogP contribution in [0.4, 0.5) is 0 Å². The highest BCUT2D eigenvalue weighted by atomic mass is 15.4. The molecule has 0 amide bonds. The van der Waals surface area contributed by atoms with Crippen LogP contribution in [0.5, 0.6) is 0 Å². The zero-order valence-corrected chi connectivity index (χ0v) is 14.9. The molecule has 0 aliphatic heterocycles. The van der Waals surface area contributed by atoms with Gasteiger partial charge in [0.1, 0.15) is 17.2 Å². The summed E-state index contributed by atoms with van der Waals surface area (Å²) in [5.41, 5.74) is 5.02. The van der Waals surface area contributed by atoms with Gasteiger partial charge in [0.2, 0.25) is 0 Å². The lowest BCUT2D eigenvalue weighted by Gasteiger charge is -2.15. The SMILES string of the molecule is Cc1ccnc([C@@H](C2CC2)n2cc(-c3nc(C)n4ccccc34)nn2)c1. The third-order valence-electron chi connectivity index (χ3n) is 5.07. The molecule has 4 aromatic rings. The fourth-order valence-electron chi connectivity index (χ4n) is 3.63. The van der Waals surface area contributed by atoms with Gasteiger partial charge >= 0.3 is 0 Å². The zero-order valence-electron chi connectivity index (χ0n) is 14.9. The van der Waals surface area contributed by atoms with E-state index in [-0.39, 0.29) is 6.04 Å². The molecule has 0 N–H and O–H groups in total. The number of hydrogen-bond acceptors (Lipinski definition) is 4. The topological polar surface area (TPSA) is 60.9 Å². The molecule has 6 nitrogen and oxygen atoms in total. The Hall–Kier alpha value is -3.02. The third kappa shape index (κ3) is 2.49. The standard InChI is InChI=1S/C20H20N6/c1-13-8-9-21-16(11-13)20(15-6-7-15)26-12-17(23-24-26)19-18-5-3-4-10-25(18)14(2)22-19/h3-5,8-12,15,20H,6-7H2,1-2H3/t20-/m1/s1. The molecular weight excluding hydrogens is 324 g/mol. The fourth-order valence-corrected chi connectivity index (χ4v) is 3.63. The summed E-state index contributed by atoms with van der Waals surface area (Å²) in [7, 11) is 0. The number of imidazole rings is 1. The van der Waals surface area contributed by atoms with Gasteiger partial charge in [-0.3, -0.25) is 4.98 Å². The van der Waals surface area contributed by atoms with E-state index in [9.17, 15) is 0 Å². The summed E-state index contributed by atoms with van der Waals surface area (Å²) in [6, 6.07) is 10.4. The summed E-state index contributed by atoms with van der Waals surface area (Å²) in [5, 5.41) is 8.89. The number of nitrogens with zero attached hydrogens (tertiary/aromatic N) is 6. The maximum atomic E-state index is 4.71. The van der Waals surface area contributed by atoms with Gasteiger partial charge in [-0.25, -0.2) is 9.67 Å². The van der Waals surface area contributed by atoms with Crippen molar-refractivity contribution in [2.45, 2.75) is 32.7 Å². The molecule has 4 aromatic heterocycles. The van der Waals surface area contributed by atoms with Crippen LogP contribution in [0.2, 0.25) is 0 Å². The van der Waals surface area contributed by atoms with Gasteiger partial charge in [-0.05, 0) is 62.4 Å². The van der Waals surface area contributed by atoms with Gasteiger partial charge in [-0.15, -0.1) is 5.10 Å². The van der Waals surface area contributed by atoms with E-state index in [1.54, 1.807) is 0 Å². The first-order valence-corrected chi connectivity index (χ1v) is 8.99. The molecular formula is C20H20N6. The molecule has 4 heterocycles. The van der Waals surface area contributed by atoms with Crippen LogP contribution in [0.1, 0.15) is 36.0 Å². The molecule has 130 valence electrons.